The lowest BCUT2D eigenvalue weighted by molar-refractivity contribution is -0.206. The fourth-order valence-electron chi connectivity index (χ4n) is 4.13. The van der Waals surface area contributed by atoms with Crippen LogP contribution in [0.1, 0.15) is 52.9 Å². The van der Waals surface area contributed by atoms with E-state index in [1.54, 1.807) is 7.11 Å². The quantitative estimate of drug-likeness (QED) is 0.731. The molecule has 21 heavy (non-hydrogen) atoms. The molecular weight excluding hydrogens is 272 g/mol. The standard InChI is InChI=1S/C16H24O5/c1-14(2,3)13(18)21-16-6-10-5-15(9-16,19-4)7-11(8-16)20-12(10)17/h10-11H,5-9H2,1-4H3/t10?,11?,15-,16+/m0/s1. The molecular formula is C16H24O5. The van der Waals surface area contributed by atoms with E-state index in [9.17, 15) is 9.59 Å². The Morgan fingerprint density at radius 2 is 1.81 bits per heavy atom. The minimum atomic E-state index is -0.613. The average molecular weight is 296 g/mol. The predicted molar refractivity (Wildman–Crippen MR) is 74.5 cm³/mol. The van der Waals surface area contributed by atoms with E-state index in [1.165, 1.54) is 0 Å². The zero-order valence-electron chi connectivity index (χ0n) is 13.2. The second-order valence-electron chi connectivity index (χ2n) is 7.96. The normalized spacial score (nSPS) is 41.6. The van der Waals surface area contributed by atoms with Gasteiger partial charge in [0, 0.05) is 32.8 Å². The summed E-state index contributed by atoms with van der Waals surface area (Å²) in [6.45, 7) is 5.53. The lowest BCUT2D eigenvalue weighted by Gasteiger charge is -2.51. The number of esters is 2. The van der Waals surface area contributed by atoms with Crippen LogP contribution in [0.25, 0.3) is 0 Å². The van der Waals surface area contributed by atoms with Gasteiger partial charge in [0.2, 0.25) is 0 Å². The fourth-order valence-corrected chi connectivity index (χ4v) is 4.13. The van der Waals surface area contributed by atoms with Crippen molar-refractivity contribution in [3.05, 3.63) is 0 Å². The Morgan fingerprint density at radius 3 is 2.43 bits per heavy atom. The van der Waals surface area contributed by atoms with Crippen LogP contribution in [0.4, 0.5) is 0 Å². The second kappa shape index (κ2) is 4.45. The Labute approximate surface area is 125 Å². The smallest absolute Gasteiger partial charge is 0.311 e. The van der Waals surface area contributed by atoms with Gasteiger partial charge in [-0.05, 0) is 27.2 Å². The molecule has 4 rings (SSSR count). The maximum atomic E-state index is 12.3. The first kappa shape index (κ1) is 14.8. The third-order valence-corrected chi connectivity index (χ3v) is 5.05. The number of rotatable bonds is 2. The van der Waals surface area contributed by atoms with Crippen molar-refractivity contribution in [2.75, 3.05) is 7.11 Å². The number of methoxy groups -OCH3 is 1. The van der Waals surface area contributed by atoms with Crippen molar-refractivity contribution in [2.45, 2.75) is 70.2 Å². The number of ether oxygens (including phenoxy) is 3. The highest BCUT2D eigenvalue weighted by Gasteiger charge is 2.61. The van der Waals surface area contributed by atoms with Gasteiger partial charge >= 0.3 is 11.9 Å². The predicted octanol–water partition coefficient (Wildman–Crippen LogP) is 2.22. The largest absolute Gasteiger partial charge is 0.462 e. The van der Waals surface area contributed by atoms with Gasteiger partial charge in [-0.1, -0.05) is 0 Å². The molecule has 2 saturated heterocycles. The van der Waals surface area contributed by atoms with Gasteiger partial charge in [-0.25, -0.2) is 0 Å². The Hall–Kier alpha value is -1.10. The van der Waals surface area contributed by atoms with Crippen molar-refractivity contribution < 1.29 is 23.8 Å². The topological polar surface area (TPSA) is 61.8 Å². The van der Waals surface area contributed by atoms with Crippen molar-refractivity contribution in [2.24, 2.45) is 11.3 Å². The Morgan fingerprint density at radius 1 is 1.19 bits per heavy atom. The van der Waals surface area contributed by atoms with E-state index in [0.717, 1.165) is 0 Å². The van der Waals surface area contributed by atoms with E-state index in [4.69, 9.17) is 14.2 Å². The van der Waals surface area contributed by atoms with Crippen molar-refractivity contribution in [1.82, 2.24) is 0 Å². The van der Waals surface area contributed by atoms with Gasteiger partial charge in [-0.3, -0.25) is 9.59 Å². The number of hydrogen-bond donors (Lipinski definition) is 0. The number of hydrogen-bond acceptors (Lipinski definition) is 5. The third kappa shape index (κ3) is 2.45. The first-order valence-electron chi connectivity index (χ1n) is 7.66. The van der Waals surface area contributed by atoms with Crippen LogP contribution in [0, 0.1) is 11.3 Å². The Kier molecular flexibility index (Phi) is 3.14. The van der Waals surface area contributed by atoms with E-state index in [2.05, 4.69) is 0 Å². The molecule has 5 nitrogen and oxygen atoms in total. The zero-order chi connectivity index (χ0) is 15.5. The van der Waals surface area contributed by atoms with E-state index in [1.807, 2.05) is 20.8 Å². The molecule has 4 bridgehead atoms. The van der Waals surface area contributed by atoms with Crippen LogP contribution in [-0.2, 0) is 23.8 Å². The van der Waals surface area contributed by atoms with Gasteiger partial charge in [0.1, 0.15) is 11.7 Å². The van der Waals surface area contributed by atoms with E-state index in [-0.39, 0.29) is 24.0 Å². The van der Waals surface area contributed by atoms with E-state index < -0.39 is 16.6 Å². The van der Waals surface area contributed by atoms with Crippen LogP contribution >= 0.6 is 0 Å². The maximum Gasteiger partial charge on any atom is 0.311 e. The highest BCUT2D eigenvalue weighted by atomic mass is 16.6. The molecule has 0 aromatic heterocycles. The van der Waals surface area contributed by atoms with Crippen molar-refractivity contribution >= 4 is 11.9 Å². The van der Waals surface area contributed by atoms with Crippen molar-refractivity contribution in [3.8, 4) is 0 Å². The molecule has 0 spiro atoms. The molecule has 0 aromatic carbocycles. The molecule has 2 saturated carbocycles. The highest BCUT2D eigenvalue weighted by Crippen LogP contribution is 2.54. The van der Waals surface area contributed by atoms with Crippen LogP contribution in [0.3, 0.4) is 0 Å². The summed E-state index contributed by atoms with van der Waals surface area (Å²) >= 11 is 0. The molecule has 4 aliphatic rings. The SMILES string of the molecule is CO[C@]12CC3C[C@](OC(=O)C(C)(C)C)(CC(C1)C(=O)O3)C2. The Bertz CT molecular complexity index is 480. The summed E-state index contributed by atoms with van der Waals surface area (Å²) in [5.41, 5.74) is -1.56. The summed E-state index contributed by atoms with van der Waals surface area (Å²) in [5.74, 6) is -0.602. The van der Waals surface area contributed by atoms with Crippen LogP contribution < -0.4 is 0 Å². The van der Waals surface area contributed by atoms with Gasteiger partial charge in [0.15, 0.2) is 0 Å². The number of fused-ring (bicyclic) bond motifs is 1. The van der Waals surface area contributed by atoms with Gasteiger partial charge < -0.3 is 14.2 Å². The fraction of sp³-hybridized carbons (Fsp3) is 0.875. The Balaban J connectivity index is 1.92. The second-order valence-corrected chi connectivity index (χ2v) is 7.96. The van der Waals surface area contributed by atoms with Crippen molar-refractivity contribution in [1.29, 1.82) is 0 Å². The summed E-state index contributed by atoms with van der Waals surface area (Å²) in [5, 5.41) is 0. The molecule has 5 heteroatoms. The first-order valence-corrected chi connectivity index (χ1v) is 7.66. The molecule has 2 aliphatic heterocycles. The summed E-state index contributed by atoms with van der Waals surface area (Å²) in [4.78, 5) is 24.5. The van der Waals surface area contributed by atoms with Crippen LogP contribution in [0.5, 0.6) is 0 Å². The molecule has 0 amide bonds. The molecule has 2 aliphatic carbocycles. The molecule has 0 radical (unpaired) electrons. The van der Waals surface area contributed by atoms with E-state index >= 15 is 0 Å². The molecule has 118 valence electrons. The zero-order valence-corrected chi connectivity index (χ0v) is 13.2. The molecule has 4 fully saturated rings. The van der Waals surface area contributed by atoms with Gasteiger partial charge in [0.25, 0.3) is 0 Å². The minimum absolute atomic E-state index is 0.160. The molecule has 2 unspecified atom stereocenters. The van der Waals surface area contributed by atoms with Crippen molar-refractivity contribution in [3.63, 3.8) is 0 Å². The van der Waals surface area contributed by atoms with Gasteiger partial charge in [-0.2, -0.15) is 0 Å². The van der Waals surface area contributed by atoms with Gasteiger partial charge in [0.05, 0.1) is 16.9 Å². The third-order valence-electron chi connectivity index (χ3n) is 5.05. The monoisotopic (exact) mass is 296 g/mol. The number of carbonyl (C=O) groups is 2. The van der Waals surface area contributed by atoms with Crippen LogP contribution in [0.15, 0.2) is 0 Å². The maximum absolute atomic E-state index is 12.3. The number of carbonyl (C=O) groups excluding carboxylic acids is 2. The van der Waals surface area contributed by atoms with Gasteiger partial charge in [-0.15, -0.1) is 0 Å². The summed E-state index contributed by atoms with van der Waals surface area (Å²) in [6.07, 6.45) is 3.01. The summed E-state index contributed by atoms with van der Waals surface area (Å²) < 4.78 is 17.2. The average Bonchev–Trinajstić information content (AvgIpc) is 2.50. The van der Waals surface area contributed by atoms with E-state index in [0.29, 0.717) is 32.1 Å². The highest BCUT2D eigenvalue weighted by molar-refractivity contribution is 5.77. The minimum Gasteiger partial charge on any atom is -0.462 e. The van der Waals surface area contributed by atoms with Crippen LogP contribution in [0.2, 0.25) is 0 Å². The van der Waals surface area contributed by atoms with Crippen LogP contribution in [-0.4, -0.2) is 36.4 Å². The summed E-state index contributed by atoms with van der Waals surface area (Å²) in [6, 6.07) is 0. The first-order chi connectivity index (χ1) is 9.67. The molecule has 2 heterocycles. The lowest BCUT2D eigenvalue weighted by atomic mass is 9.62. The molecule has 4 atom stereocenters. The summed E-state index contributed by atoms with van der Waals surface area (Å²) in [7, 11) is 1.68. The lowest BCUT2D eigenvalue weighted by Crippen LogP contribution is -2.57. The molecule has 0 N–H and O–H groups in total. The molecule has 0 aromatic rings.